The number of carbonyl (C=O) groups is 4. The number of ether oxygens (including phenoxy) is 3. The molecule has 16 nitrogen and oxygen atoms in total. The van der Waals surface area contributed by atoms with Crippen molar-refractivity contribution in [2.75, 3.05) is 27.3 Å². The van der Waals surface area contributed by atoms with Gasteiger partial charge < -0.3 is 49.2 Å². The van der Waals surface area contributed by atoms with Crippen LogP contribution in [-0.2, 0) is 19.1 Å². The van der Waals surface area contributed by atoms with Crippen LogP contribution in [0.1, 0.15) is 110 Å². The van der Waals surface area contributed by atoms with Crippen LogP contribution in [0.15, 0.2) is 54.9 Å². The lowest BCUT2D eigenvalue weighted by molar-refractivity contribution is -0.136. The first-order valence-corrected chi connectivity index (χ1v) is 22.3. The first-order valence-electron chi connectivity index (χ1n) is 22.3. The van der Waals surface area contributed by atoms with Gasteiger partial charge in [0.15, 0.2) is 6.23 Å². The molecule has 16 heteroatoms. The van der Waals surface area contributed by atoms with Crippen LogP contribution in [0.5, 0.6) is 5.75 Å². The van der Waals surface area contributed by atoms with Crippen molar-refractivity contribution in [1.29, 1.82) is 0 Å². The highest BCUT2D eigenvalue weighted by Crippen LogP contribution is 2.46. The Morgan fingerprint density at radius 1 is 0.778 bits per heavy atom. The van der Waals surface area contributed by atoms with E-state index in [-0.39, 0.29) is 42.0 Å². The third kappa shape index (κ3) is 8.46. The molecule has 5 aromatic rings. The third-order valence-corrected chi connectivity index (χ3v) is 12.8. The molecule has 4 unspecified atom stereocenters. The van der Waals surface area contributed by atoms with Crippen molar-refractivity contribution in [1.82, 2.24) is 44.9 Å². The number of aromatic amines is 2. The van der Waals surface area contributed by atoms with Crippen LogP contribution in [0.25, 0.3) is 44.7 Å². The maximum atomic E-state index is 13.7. The number of methoxy groups -OCH3 is 2. The van der Waals surface area contributed by atoms with Gasteiger partial charge in [-0.25, -0.2) is 19.6 Å². The van der Waals surface area contributed by atoms with Crippen LogP contribution in [0.2, 0.25) is 0 Å². The highest BCUT2D eigenvalue weighted by Gasteiger charge is 2.39. The fourth-order valence-corrected chi connectivity index (χ4v) is 9.38. The molecule has 8 rings (SSSR count). The van der Waals surface area contributed by atoms with Gasteiger partial charge in [0, 0.05) is 41.6 Å². The van der Waals surface area contributed by atoms with Gasteiger partial charge in [0.25, 0.3) is 0 Å². The van der Waals surface area contributed by atoms with Crippen molar-refractivity contribution >= 4 is 34.9 Å². The number of aromatic nitrogens is 5. The van der Waals surface area contributed by atoms with Crippen molar-refractivity contribution in [3.8, 4) is 39.5 Å². The second-order valence-corrected chi connectivity index (χ2v) is 17.6. The Hall–Kier alpha value is -6.32. The minimum absolute atomic E-state index is 0.118. The van der Waals surface area contributed by atoms with Crippen LogP contribution in [-0.4, -0.2) is 97.7 Å². The number of nitrogens with one attached hydrogen (secondary N) is 4. The normalized spacial score (nSPS) is 19.2. The molecular formula is C47H59N9O7. The number of imidazole rings is 2. The quantitative estimate of drug-likeness (QED) is 0.0904. The van der Waals surface area contributed by atoms with E-state index in [1.165, 1.54) is 14.2 Å². The molecule has 334 valence electrons. The zero-order valence-corrected chi connectivity index (χ0v) is 37.2. The Labute approximate surface area is 367 Å². The number of nitrogens with zero attached hydrogens (tertiary/aromatic N) is 5. The van der Waals surface area contributed by atoms with E-state index in [2.05, 4.69) is 74.6 Å². The van der Waals surface area contributed by atoms with Gasteiger partial charge in [-0.2, -0.15) is 0 Å². The highest BCUT2D eigenvalue weighted by atomic mass is 16.5. The Morgan fingerprint density at radius 2 is 1.32 bits per heavy atom. The topological polar surface area (TPSA) is 189 Å². The van der Waals surface area contributed by atoms with E-state index in [0.717, 1.165) is 101 Å². The molecule has 0 radical (unpaired) electrons. The van der Waals surface area contributed by atoms with Crippen molar-refractivity contribution in [3.05, 3.63) is 66.5 Å². The number of unbranched alkanes of at least 4 members (excludes halogenated alkanes) is 1. The minimum Gasteiger partial charge on any atom is -0.469 e. The minimum atomic E-state index is -0.707. The highest BCUT2D eigenvalue weighted by molar-refractivity contribution is 5.92. The van der Waals surface area contributed by atoms with E-state index in [4.69, 9.17) is 24.2 Å². The molecule has 0 aliphatic carbocycles. The fourth-order valence-electron chi connectivity index (χ4n) is 9.38. The molecule has 5 atom stereocenters. The number of rotatable bonds is 13. The summed E-state index contributed by atoms with van der Waals surface area (Å²) in [7, 11) is 2.59. The average molecular weight is 862 g/mol. The molecule has 2 saturated heterocycles. The molecule has 0 saturated carbocycles. The SMILES string of the molecule is CCCCC1Oc2cc(-c3cnc(C4CCCN4C(=O)C(NC(=O)OC)C(C)C)[nH]3)ccc2-c2cc3cc(-c4cnc([C@@H]5CCCN5C(=O)C(NC(=O)OC)C(C)C)[nH]4)ccc3n21. The summed E-state index contributed by atoms with van der Waals surface area (Å²) in [5.41, 5.74) is 6.73. The number of alkyl carbamates (subject to hydrolysis) is 2. The van der Waals surface area contributed by atoms with E-state index < -0.39 is 24.3 Å². The van der Waals surface area contributed by atoms with Gasteiger partial charge in [-0.05, 0) is 74.3 Å². The predicted molar refractivity (Wildman–Crippen MR) is 237 cm³/mol. The molecule has 3 aliphatic rings. The average Bonchev–Trinajstić information content (AvgIpc) is 4.14. The van der Waals surface area contributed by atoms with E-state index >= 15 is 0 Å². The third-order valence-electron chi connectivity index (χ3n) is 12.8. The lowest BCUT2D eigenvalue weighted by atomic mass is 10.0. The zero-order valence-electron chi connectivity index (χ0n) is 37.2. The Balaban J connectivity index is 1.05. The number of H-pyrrole nitrogens is 2. The monoisotopic (exact) mass is 861 g/mol. The summed E-state index contributed by atoms with van der Waals surface area (Å²) in [6.07, 6.45) is 8.26. The van der Waals surface area contributed by atoms with Gasteiger partial charge in [-0.3, -0.25) is 9.59 Å². The van der Waals surface area contributed by atoms with Gasteiger partial charge in [-0.1, -0.05) is 53.2 Å². The molecule has 0 bridgehead atoms. The molecule has 3 aromatic heterocycles. The number of hydrogen-bond acceptors (Lipinski definition) is 9. The second-order valence-electron chi connectivity index (χ2n) is 17.6. The van der Waals surface area contributed by atoms with Crippen LogP contribution >= 0.6 is 0 Å². The Bertz CT molecular complexity index is 2490. The maximum absolute atomic E-state index is 13.7. The molecule has 4 amide bonds. The zero-order chi connectivity index (χ0) is 44.5. The van der Waals surface area contributed by atoms with Crippen LogP contribution in [0, 0.1) is 11.8 Å². The lowest BCUT2D eigenvalue weighted by Crippen LogP contribution is -2.51. The summed E-state index contributed by atoms with van der Waals surface area (Å²) in [4.78, 5) is 71.8. The van der Waals surface area contributed by atoms with Gasteiger partial charge in [0.05, 0.1) is 61.3 Å². The number of carbonyl (C=O) groups excluding carboxylic acids is 4. The summed E-state index contributed by atoms with van der Waals surface area (Å²) in [6.45, 7) is 11.0. The van der Waals surface area contributed by atoms with Crippen molar-refractivity contribution in [3.63, 3.8) is 0 Å². The molecule has 6 heterocycles. The van der Waals surface area contributed by atoms with E-state index in [9.17, 15) is 19.2 Å². The largest absolute Gasteiger partial charge is 0.469 e. The summed E-state index contributed by atoms with van der Waals surface area (Å²) >= 11 is 0. The number of amides is 4. The van der Waals surface area contributed by atoms with Crippen LogP contribution < -0.4 is 15.4 Å². The van der Waals surface area contributed by atoms with Gasteiger partial charge >= 0.3 is 12.2 Å². The maximum Gasteiger partial charge on any atom is 0.407 e. The van der Waals surface area contributed by atoms with Crippen LogP contribution in [0.3, 0.4) is 0 Å². The molecule has 0 spiro atoms. The summed E-state index contributed by atoms with van der Waals surface area (Å²) in [6, 6.07) is 13.0. The summed E-state index contributed by atoms with van der Waals surface area (Å²) < 4.78 is 18.8. The Kier molecular flexibility index (Phi) is 12.5. The van der Waals surface area contributed by atoms with E-state index in [1.807, 2.05) is 49.9 Å². The van der Waals surface area contributed by atoms with Crippen LogP contribution in [0.4, 0.5) is 9.59 Å². The molecule has 4 N–H and O–H groups in total. The molecule has 3 aliphatic heterocycles. The van der Waals surface area contributed by atoms with Crippen molar-refractivity contribution in [2.45, 2.75) is 110 Å². The fraction of sp³-hybridized carbons (Fsp3) is 0.489. The summed E-state index contributed by atoms with van der Waals surface area (Å²) in [5, 5.41) is 6.51. The molecule has 2 aromatic carbocycles. The molecule has 2 fully saturated rings. The molecule has 63 heavy (non-hydrogen) atoms. The first kappa shape index (κ1) is 43.3. The number of benzene rings is 2. The molecular weight excluding hydrogens is 803 g/mol. The number of likely N-dealkylation sites (tertiary alicyclic amines) is 2. The lowest BCUT2D eigenvalue weighted by Gasteiger charge is -2.30. The Morgan fingerprint density at radius 3 is 1.84 bits per heavy atom. The van der Waals surface area contributed by atoms with Gasteiger partial charge in [0.2, 0.25) is 11.8 Å². The smallest absolute Gasteiger partial charge is 0.407 e. The van der Waals surface area contributed by atoms with Crippen molar-refractivity contribution < 1.29 is 33.4 Å². The van der Waals surface area contributed by atoms with E-state index in [1.54, 1.807) is 0 Å². The standard InChI is InChI=1S/C47H59N9O7/c1-8-9-14-39-56-34-18-16-28(32-24-48-42(50-32)35-12-10-19-54(35)44(57)40(26(2)3)52-46(59)61-6)21-30(34)22-37(56)31-17-15-29(23-38(31)63-39)33-25-49-43(51-33)36-13-11-20-55(36)45(58)41(27(4)5)53-47(60)62-7/h15-18,21-27,35-36,39-41H,8-14,19-20H2,1-7H3,(H,48,50)(H,49,51)(H,52,59)(H,53,60)/t35-,36?,39?,40?,41?/m0/s1. The predicted octanol–water partition coefficient (Wildman–Crippen LogP) is 8.26. The first-order chi connectivity index (χ1) is 30.4. The number of hydrogen-bond donors (Lipinski definition) is 4. The number of fused-ring (bicyclic) bond motifs is 5. The summed E-state index contributed by atoms with van der Waals surface area (Å²) in [5.74, 6) is 1.69. The van der Waals surface area contributed by atoms with Crippen molar-refractivity contribution in [2.24, 2.45) is 11.8 Å². The second kappa shape index (κ2) is 18.2. The van der Waals surface area contributed by atoms with E-state index in [0.29, 0.717) is 18.9 Å². The van der Waals surface area contributed by atoms with Gasteiger partial charge in [0.1, 0.15) is 29.5 Å². The van der Waals surface area contributed by atoms with Gasteiger partial charge in [-0.15, -0.1) is 0 Å².